The molecule has 15 nitrogen and oxygen atoms in total. The lowest BCUT2D eigenvalue weighted by atomic mass is 9.96. The molecule has 0 spiro atoms. The van der Waals surface area contributed by atoms with Crippen molar-refractivity contribution in [1.82, 2.24) is 0 Å². The molecule has 9 N–H and O–H groups in total. The fraction of sp³-hybridized carbons (Fsp3) is 0.944. The minimum Gasteiger partial charge on any atom is -0.479 e. The molecule has 0 aromatic heterocycles. The Kier molecular flexibility index (Phi) is 8.28. The Morgan fingerprint density at radius 1 is 0.606 bits per heavy atom. The van der Waals surface area contributed by atoms with Gasteiger partial charge in [0.05, 0.1) is 12.2 Å². The van der Waals surface area contributed by atoms with Crippen molar-refractivity contribution >= 4 is 5.97 Å². The van der Waals surface area contributed by atoms with Crippen LogP contribution < -0.4 is 0 Å². The predicted octanol–water partition coefficient (Wildman–Crippen LogP) is -5.43. The average molecular weight is 486 g/mol. The third kappa shape index (κ3) is 5.15. The van der Waals surface area contributed by atoms with Gasteiger partial charge in [0, 0.05) is 0 Å². The number of hydrogen-bond donors (Lipinski definition) is 9. The minimum absolute atomic E-state index is 0.972. The molecule has 15 heteroatoms. The molecule has 0 saturated carbocycles. The van der Waals surface area contributed by atoms with Gasteiger partial charge in [-0.05, 0) is 13.8 Å². The van der Waals surface area contributed by atoms with Gasteiger partial charge >= 0.3 is 5.97 Å². The van der Waals surface area contributed by atoms with Crippen LogP contribution in [-0.2, 0) is 28.5 Å². The second-order valence-corrected chi connectivity index (χ2v) is 8.34. The molecule has 3 saturated heterocycles. The average Bonchev–Trinajstić information content (AvgIpc) is 2.75. The third-order valence-electron chi connectivity index (χ3n) is 5.98. The Bertz CT molecular complexity index is 665. The van der Waals surface area contributed by atoms with Gasteiger partial charge in [-0.25, -0.2) is 4.79 Å². The van der Waals surface area contributed by atoms with E-state index in [1.165, 1.54) is 13.8 Å². The summed E-state index contributed by atoms with van der Waals surface area (Å²) in [6, 6.07) is 0. The van der Waals surface area contributed by atoms with Crippen molar-refractivity contribution in [2.45, 2.75) is 106 Å². The maximum absolute atomic E-state index is 11.3. The smallest absolute Gasteiger partial charge is 0.335 e. The summed E-state index contributed by atoms with van der Waals surface area (Å²) < 4.78 is 26.5. The van der Waals surface area contributed by atoms with E-state index in [0.29, 0.717) is 0 Å². The SMILES string of the molecule is C[C@@H]1O[C@H](O[C@@H]2[C@@H](O)[C@H](C)O[C@H](O)[C@H]2O)[C@@H](O[C@@H]2O[C@H](C(=O)O)[C@@H](O)[C@H](O)[C@H]2O)[C@H](O)[C@H]1O. The lowest BCUT2D eigenvalue weighted by molar-refractivity contribution is -0.381. The maximum atomic E-state index is 11.3. The summed E-state index contributed by atoms with van der Waals surface area (Å²) in [4.78, 5) is 11.3. The second kappa shape index (κ2) is 10.3. The van der Waals surface area contributed by atoms with Crippen LogP contribution in [0.25, 0.3) is 0 Å². The van der Waals surface area contributed by atoms with Crippen LogP contribution in [0, 0.1) is 0 Å². The molecule has 0 aromatic carbocycles. The topological polar surface area (TPSA) is 245 Å². The van der Waals surface area contributed by atoms with E-state index in [2.05, 4.69) is 0 Å². The number of ether oxygens (including phenoxy) is 5. The highest BCUT2D eigenvalue weighted by Gasteiger charge is 2.53. The lowest BCUT2D eigenvalue weighted by Crippen LogP contribution is -2.66. The number of aliphatic carboxylic acids is 1. The molecule has 3 rings (SSSR count). The summed E-state index contributed by atoms with van der Waals surface area (Å²) in [7, 11) is 0. The van der Waals surface area contributed by atoms with Crippen molar-refractivity contribution in [1.29, 1.82) is 0 Å². The van der Waals surface area contributed by atoms with Gasteiger partial charge in [-0.2, -0.15) is 0 Å². The first-order valence-corrected chi connectivity index (χ1v) is 10.3. The van der Waals surface area contributed by atoms with Gasteiger partial charge in [-0.1, -0.05) is 0 Å². The molecular formula is C18H30O15. The molecule has 0 radical (unpaired) electrons. The van der Waals surface area contributed by atoms with E-state index in [0.717, 1.165) is 0 Å². The van der Waals surface area contributed by atoms with Crippen LogP contribution >= 0.6 is 0 Å². The largest absolute Gasteiger partial charge is 0.479 e. The van der Waals surface area contributed by atoms with Gasteiger partial charge < -0.3 is 69.6 Å². The van der Waals surface area contributed by atoms with Gasteiger partial charge in [0.2, 0.25) is 0 Å². The Balaban J connectivity index is 1.83. The quantitative estimate of drug-likeness (QED) is 0.176. The minimum atomic E-state index is -2.00. The molecule has 15 atom stereocenters. The molecule has 0 aromatic rings. The standard InChI is InChI=1S/C18H30O15/c1-3-5(19)8(22)14(33-17-10(24)7(21)9(23)13(32-17)15(26)27)18(30-3)31-12-6(20)4(2)29-16(28)11(12)25/h3-14,16-25,28H,1-2H3,(H,26,27)/t3-,4-,5-,6-,7-,8+,9-,10+,11-,12+,13-,14-,16-,17-,18+/m0/s1. The zero-order chi connectivity index (χ0) is 24.8. The van der Waals surface area contributed by atoms with Gasteiger partial charge in [0.1, 0.15) is 54.9 Å². The molecule has 3 fully saturated rings. The maximum Gasteiger partial charge on any atom is 0.335 e. The van der Waals surface area contributed by atoms with E-state index in [1.54, 1.807) is 0 Å². The molecule has 3 aliphatic rings. The van der Waals surface area contributed by atoms with Gasteiger partial charge in [-0.15, -0.1) is 0 Å². The van der Waals surface area contributed by atoms with Crippen LogP contribution in [0.1, 0.15) is 13.8 Å². The molecular weight excluding hydrogens is 456 g/mol. The molecule has 3 aliphatic heterocycles. The van der Waals surface area contributed by atoms with Gasteiger partial charge in [0.25, 0.3) is 0 Å². The monoisotopic (exact) mass is 486 g/mol. The zero-order valence-electron chi connectivity index (χ0n) is 17.6. The summed E-state index contributed by atoms with van der Waals surface area (Å²) in [6.07, 6.45) is -25.0. The fourth-order valence-electron chi connectivity index (χ4n) is 3.90. The summed E-state index contributed by atoms with van der Waals surface area (Å²) in [5.74, 6) is -1.67. The first-order chi connectivity index (χ1) is 15.3. The Morgan fingerprint density at radius 3 is 1.79 bits per heavy atom. The number of rotatable bonds is 5. The lowest BCUT2D eigenvalue weighted by Gasteiger charge is -2.47. The highest BCUT2D eigenvalue weighted by atomic mass is 16.8. The van der Waals surface area contributed by atoms with Crippen molar-refractivity contribution in [3.05, 3.63) is 0 Å². The number of hydrogen-bond acceptors (Lipinski definition) is 14. The van der Waals surface area contributed by atoms with Crippen molar-refractivity contribution in [2.75, 3.05) is 0 Å². The van der Waals surface area contributed by atoms with Crippen LogP contribution in [-0.4, -0.2) is 144 Å². The molecule has 0 bridgehead atoms. The van der Waals surface area contributed by atoms with E-state index in [4.69, 9.17) is 23.7 Å². The number of carboxylic acid groups (broad SMARTS) is 1. The van der Waals surface area contributed by atoms with Crippen LogP contribution in [0.3, 0.4) is 0 Å². The van der Waals surface area contributed by atoms with E-state index >= 15 is 0 Å². The predicted molar refractivity (Wildman–Crippen MR) is 99.0 cm³/mol. The normalized spacial score (nSPS) is 53.6. The van der Waals surface area contributed by atoms with E-state index in [9.17, 15) is 50.8 Å². The molecule has 33 heavy (non-hydrogen) atoms. The summed E-state index contributed by atoms with van der Waals surface area (Å²) in [5, 5.41) is 90.3. The Hall–Kier alpha value is -1.05. The van der Waals surface area contributed by atoms with E-state index in [1.807, 2.05) is 0 Å². The highest BCUT2D eigenvalue weighted by Crippen LogP contribution is 2.32. The fourth-order valence-corrected chi connectivity index (χ4v) is 3.90. The number of aliphatic hydroxyl groups excluding tert-OH is 8. The summed E-state index contributed by atoms with van der Waals surface area (Å²) in [5.41, 5.74) is 0. The van der Waals surface area contributed by atoms with Gasteiger partial charge in [0.15, 0.2) is 25.0 Å². The zero-order valence-corrected chi connectivity index (χ0v) is 17.6. The number of carbonyl (C=O) groups is 1. The van der Waals surface area contributed by atoms with Crippen molar-refractivity contribution in [3.8, 4) is 0 Å². The Morgan fingerprint density at radius 2 is 1.18 bits per heavy atom. The molecule has 3 heterocycles. The summed E-state index contributed by atoms with van der Waals surface area (Å²) >= 11 is 0. The molecule has 192 valence electrons. The molecule has 0 amide bonds. The third-order valence-corrected chi connectivity index (χ3v) is 5.98. The highest BCUT2D eigenvalue weighted by molar-refractivity contribution is 5.73. The van der Waals surface area contributed by atoms with Crippen LogP contribution in [0.4, 0.5) is 0 Å². The van der Waals surface area contributed by atoms with Crippen molar-refractivity contribution < 1.29 is 74.4 Å². The van der Waals surface area contributed by atoms with Crippen LogP contribution in [0.5, 0.6) is 0 Å². The van der Waals surface area contributed by atoms with Gasteiger partial charge in [-0.3, -0.25) is 0 Å². The molecule has 0 aliphatic carbocycles. The van der Waals surface area contributed by atoms with E-state index in [-0.39, 0.29) is 0 Å². The number of aliphatic hydroxyl groups is 8. The van der Waals surface area contributed by atoms with Crippen LogP contribution in [0.15, 0.2) is 0 Å². The van der Waals surface area contributed by atoms with Crippen LogP contribution in [0.2, 0.25) is 0 Å². The summed E-state index contributed by atoms with van der Waals surface area (Å²) in [6.45, 7) is 2.78. The Labute approximate surface area is 187 Å². The number of carboxylic acids is 1. The van der Waals surface area contributed by atoms with Crippen molar-refractivity contribution in [3.63, 3.8) is 0 Å². The van der Waals surface area contributed by atoms with Crippen molar-refractivity contribution in [2.24, 2.45) is 0 Å². The first-order valence-electron chi connectivity index (χ1n) is 10.3. The second-order valence-electron chi connectivity index (χ2n) is 8.34. The van der Waals surface area contributed by atoms with E-state index < -0.39 is 98.1 Å². The first kappa shape index (κ1) is 26.6. The molecule has 0 unspecified atom stereocenters.